The van der Waals surface area contributed by atoms with Gasteiger partial charge in [0.1, 0.15) is 6.04 Å². The van der Waals surface area contributed by atoms with Crippen LogP contribution < -0.4 is 10.6 Å². The first-order chi connectivity index (χ1) is 8.16. The van der Waals surface area contributed by atoms with Crippen LogP contribution in [0.25, 0.3) is 0 Å². The van der Waals surface area contributed by atoms with Gasteiger partial charge in [-0.2, -0.15) is 0 Å². The normalized spacial score (nSPS) is 20.6. The number of amides is 1. The van der Waals surface area contributed by atoms with Crippen molar-refractivity contribution in [1.29, 1.82) is 0 Å². The molecule has 2 rings (SSSR count). The van der Waals surface area contributed by atoms with Crippen molar-refractivity contribution in [2.24, 2.45) is 0 Å². The molecule has 1 unspecified atom stereocenters. The van der Waals surface area contributed by atoms with Gasteiger partial charge in [-0.1, -0.05) is 22.0 Å². The molecule has 2 N–H and O–H groups in total. The second-order valence-corrected chi connectivity index (χ2v) is 5.36. The van der Waals surface area contributed by atoms with Crippen molar-refractivity contribution in [3.63, 3.8) is 0 Å². The maximum atomic E-state index is 11.8. The average molecular weight is 297 g/mol. The summed E-state index contributed by atoms with van der Waals surface area (Å²) in [5.41, 5.74) is 2.19. The van der Waals surface area contributed by atoms with Gasteiger partial charge in [-0.15, -0.1) is 0 Å². The van der Waals surface area contributed by atoms with E-state index in [1.807, 2.05) is 25.1 Å². The zero-order valence-corrected chi connectivity index (χ0v) is 11.5. The van der Waals surface area contributed by atoms with Gasteiger partial charge in [0.05, 0.1) is 0 Å². The summed E-state index contributed by atoms with van der Waals surface area (Å²) in [4.78, 5) is 11.8. The zero-order valence-electron chi connectivity index (χ0n) is 9.92. The first-order valence-electron chi connectivity index (χ1n) is 5.97. The number of aryl methyl sites for hydroxylation is 1. The van der Waals surface area contributed by atoms with E-state index in [9.17, 15) is 4.79 Å². The van der Waals surface area contributed by atoms with Gasteiger partial charge >= 0.3 is 0 Å². The quantitative estimate of drug-likeness (QED) is 0.881. The van der Waals surface area contributed by atoms with Gasteiger partial charge in [-0.05, 0) is 43.9 Å². The highest BCUT2D eigenvalue weighted by molar-refractivity contribution is 9.10. The smallest absolute Gasteiger partial charge is 0.242 e. The molecule has 0 bridgehead atoms. The molecule has 0 saturated carbocycles. The number of benzene rings is 1. The third kappa shape index (κ3) is 3.22. The van der Waals surface area contributed by atoms with Crippen molar-refractivity contribution in [2.45, 2.75) is 32.2 Å². The summed E-state index contributed by atoms with van der Waals surface area (Å²) in [6.07, 6.45) is 3.06. The van der Waals surface area contributed by atoms with Gasteiger partial charge in [0.25, 0.3) is 0 Å². The Labute approximate surface area is 110 Å². The number of carbonyl (C=O) groups excluding carboxylic acids is 1. The fraction of sp³-hybridized carbons (Fsp3) is 0.462. The van der Waals surface area contributed by atoms with Crippen LogP contribution in [0.15, 0.2) is 22.7 Å². The van der Waals surface area contributed by atoms with Gasteiger partial charge in [0.2, 0.25) is 5.91 Å². The lowest BCUT2D eigenvalue weighted by atomic mass is 10.1. The van der Waals surface area contributed by atoms with E-state index in [2.05, 4.69) is 26.6 Å². The van der Waals surface area contributed by atoms with E-state index < -0.39 is 0 Å². The Morgan fingerprint density at radius 3 is 3.06 bits per heavy atom. The molecule has 1 aliphatic heterocycles. The van der Waals surface area contributed by atoms with Crippen molar-refractivity contribution >= 4 is 27.5 Å². The Balaban J connectivity index is 2.13. The highest BCUT2D eigenvalue weighted by Gasteiger charge is 2.20. The Hall–Kier alpha value is -1.03. The molecular weight excluding hydrogens is 280 g/mol. The number of hydrogen-bond donors (Lipinski definition) is 2. The average Bonchev–Trinajstić information content (AvgIpc) is 2.50. The minimum Gasteiger partial charge on any atom is -0.373 e. The minimum absolute atomic E-state index is 0.106. The molecule has 92 valence electrons. The summed E-state index contributed by atoms with van der Waals surface area (Å²) in [5, 5.41) is 6.27. The second-order valence-electron chi connectivity index (χ2n) is 4.44. The molecule has 17 heavy (non-hydrogen) atoms. The van der Waals surface area contributed by atoms with Crippen LogP contribution in [-0.4, -0.2) is 18.5 Å². The van der Waals surface area contributed by atoms with E-state index in [1.54, 1.807) is 0 Å². The van der Waals surface area contributed by atoms with Crippen molar-refractivity contribution in [3.05, 3.63) is 28.2 Å². The number of rotatable bonds is 2. The van der Waals surface area contributed by atoms with E-state index in [0.717, 1.165) is 41.5 Å². The Morgan fingerprint density at radius 1 is 1.41 bits per heavy atom. The largest absolute Gasteiger partial charge is 0.373 e. The molecule has 0 spiro atoms. The van der Waals surface area contributed by atoms with Crippen LogP contribution in [0.2, 0.25) is 0 Å². The molecule has 0 aromatic heterocycles. The molecule has 0 aliphatic carbocycles. The van der Waals surface area contributed by atoms with Crippen LogP contribution in [-0.2, 0) is 4.79 Å². The van der Waals surface area contributed by atoms with E-state index >= 15 is 0 Å². The third-order valence-electron chi connectivity index (χ3n) is 3.06. The number of hydrogen-bond acceptors (Lipinski definition) is 2. The van der Waals surface area contributed by atoms with Gasteiger partial charge < -0.3 is 10.6 Å². The summed E-state index contributed by atoms with van der Waals surface area (Å²) in [6, 6.07) is 5.97. The van der Waals surface area contributed by atoms with Gasteiger partial charge in [-0.25, -0.2) is 0 Å². The number of carbonyl (C=O) groups is 1. The zero-order chi connectivity index (χ0) is 12.3. The number of anilines is 1. The monoisotopic (exact) mass is 296 g/mol. The van der Waals surface area contributed by atoms with Crippen molar-refractivity contribution in [2.75, 3.05) is 11.9 Å². The lowest BCUT2D eigenvalue weighted by Crippen LogP contribution is -2.38. The molecule has 1 aromatic rings. The molecule has 1 amide bonds. The van der Waals surface area contributed by atoms with Crippen molar-refractivity contribution in [3.8, 4) is 0 Å². The summed E-state index contributed by atoms with van der Waals surface area (Å²) < 4.78 is 1.03. The first-order valence-corrected chi connectivity index (χ1v) is 6.76. The van der Waals surface area contributed by atoms with Gasteiger partial charge in [0.15, 0.2) is 0 Å². The Kier molecular flexibility index (Phi) is 4.05. The number of halogens is 1. The minimum atomic E-state index is -0.106. The second kappa shape index (κ2) is 5.54. The summed E-state index contributed by atoms with van der Waals surface area (Å²) >= 11 is 3.45. The first kappa shape index (κ1) is 12.4. The molecule has 1 fully saturated rings. The van der Waals surface area contributed by atoms with E-state index in [1.165, 1.54) is 0 Å². The fourth-order valence-corrected chi connectivity index (χ4v) is 2.38. The lowest BCUT2D eigenvalue weighted by Gasteiger charge is -2.18. The molecule has 1 heterocycles. The molecule has 3 nitrogen and oxygen atoms in total. The van der Waals surface area contributed by atoms with E-state index in [0.29, 0.717) is 0 Å². The molecule has 1 aliphatic rings. The van der Waals surface area contributed by atoms with Crippen LogP contribution in [0.4, 0.5) is 5.69 Å². The molecule has 4 heteroatoms. The molecule has 1 atom stereocenters. The van der Waals surface area contributed by atoms with Crippen LogP contribution in [0.1, 0.15) is 24.8 Å². The van der Waals surface area contributed by atoms with Crippen LogP contribution in [0, 0.1) is 6.92 Å². The third-order valence-corrected chi connectivity index (χ3v) is 3.56. The highest BCUT2D eigenvalue weighted by Crippen LogP contribution is 2.22. The maximum absolute atomic E-state index is 11.8. The van der Waals surface area contributed by atoms with Crippen molar-refractivity contribution < 1.29 is 4.79 Å². The molecule has 1 aromatic carbocycles. The van der Waals surface area contributed by atoms with Crippen LogP contribution in [0.5, 0.6) is 0 Å². The standard InChI is InChI=1S/C13H17BrN2O/c1-9-5-6-10(14)8-12(9)16-11-4-2-3-7-15-13(11)17/h5-6,8,11,16H,2-4,7H2,1H3,(H,15,17). The highest BCUT2D eigenvalue weighted by atomic mass is 79.9. The Morgan fingerprint density at radius 2 is 2.24 bits per heavy atom. The maximum Gasteiger partial charge on any atom is 0.242 e. The van der Waals surface area contributed by atoms with Crippen LogP contribution >= 0.6 is 15.9 Å². The summed E-state index contributed by atoms with van der Waals surface area (Å²) in [7, 11) is 0. The molecule has 1 saturated heterocycles. The van der Waals surface area contributed by atoms with Crippen molar-refractivity contribution in [1.82, 2.24) is 5.32 Å². The summed E-state index contributed by atoms with van der Waals surface area (Å²) in [6.45, 7) is 2.85. The number of nitrogens with one attached hydrogen (secondary N) is 2. The lowest BCUT2D eigenvalue weighted by molar-refractivity contribution is -0.121. The summed E-state index contributed by atoms with van der Waals surface area (Å²) in [5.74, 6) is 0.113. The molecule has 0 radical (unpaired) electrons. The van der Waals surface area contributed by atoms with Gasteiger partial charge in [0, 0.05) is 16.7 Å². The Bertz CT molecular complexity index is 420. The topological polar surface area (TPSA) is 41.1 Å². The van der Waals surface area contributed by atoms with E-state index in [4.69, 9.17) is 0 Å². The van der Waals surface area contributed by atoms with E-state index in [-0.39, 0.29) is 11.9 Å². The fourth-order valence-electron chi connectivity index (χ4n) is 2.01. The SMILES string of the molecule is Cc1ccc(Br)cc1NC1CCCCNC1=O. The van der Waals surface area contributed by atoms with Gasteiger partial charge in [-0.3, -0.25) is 4.79 Å². The predicted molar refractivity (Wildman–Crippen MR) is 73.2 cm³/mol. The molecular formula is C13H17BrN2O. The van der Waals surface area contributed by atoms with Crippen LogP contribution in [0.3, 0.4) is 0 Å². The predicted octanol–water partition coefficient (Wildman–Crippen LogP) is 2.84.